The van der Waals surface area contributed by atoms with Gasteiger partial charge in [0, 0.05) is 0 Å². The van der Waals surface area contributed by atoms with Crippen molar-refractivity contribution in [3.63, 3.8) is 0 Å². The van der Waals surface area contributed by atoms with Gasteiger partial charge < -0.3 is 9.59 Å². The first kappa shape index (κ1) is 40.8. The van der Waals surface area contributed by atoms with Crippen molar-refractivity contribution in [2.45, 2.75) is 174 Å². The number of aliphatic hydroxyl groups excluding tert-OH is 1. The molecule has 0 bridgehead atoms. The van der Waals surface area contributed by atoms with Crippen molar-refractivity contribution in [3.05, 3.63) is 0 Å². The zero-order valence-corrected chi connectivity index (χ0v) is 28.3. The molecule has 0 aliphatic heterocycles. The Morgan fingerprint density at radius 3 is 1.24 bits per heavy atom. The first-order valence-corrected chi connectivity index (χ1v) is 18.0. The second kappa shape index (κ2) is 32.7. The van der Waals surface area contributed by atoms with Crippen LogP contribution in [-0.2, 0) is 19.6 Å². The van der Waals surface area contributed by atoms with Gasteiger partial charge in [-0.05, 0) is 12.8 Å². The number of hydrogen-bond donors (Lipinski definition) is 1. The summed E-state index contributed by atoms with van der Waals surface area (Å²) in [5, 5.41) is 9.40. The Bertz CT molecular complexity index is 491. The van der Waals surface area contributed by atoms with E-state index in [0.717, 1.165) is 12.8 Å². The summed E-state index contributed by atoms with van der Waals surface area (Å²) >= 11 is 0. The average molecular weight is 589 g/mol. The second-order valence-electron chi connectivity index (χ2n) is 13.0. The molecule has 0 heterocycles. The molecule has 1 atom stereocenters. The number of likely N-dealkylation sites (N-methyl/N-ethyl adjacent to an activating group) is 1. The third-order valence-corrected chi connectivity index (χ3v) is 8.11. The summed E-state index contributed by atoms with van der Waals surface area (Å²) in [6.45, 7) is 7.64. The fourth-order valence-electron chi connectivity index (χ4n) is 5.36. The van der Waals surface area contributed by atoms with Crippen molar-refractivity contribution in [1.82, 2.24) is 0 Å². The predicted molar refractivity (Wildman–Crippen MR) is 174 cm³/mol. The maximum atomic E-state index is 9.40. The van der Waals surface area contributed by atoms with Gasteiger partial charge in [-0.15, -0.1) is 0 Å². The summed E-state index contributed by atoms with van der Waals surface area (Å²) in [6.07, 6.45) is 31.7. The van der Waals surface area contributed by atoms with Crippen LogP contribution in [0.15, 0.2) is 0 Å². The van der Waals surface area contributed by atoms with Gasteiger partial charge in [-0.3, -0.25) is 0 Å². The molecule has 0 saturated carbocycles. The molecule has 0 aliphatic rings. The minimum atomic E-state index is -0.226. The number of unbranched alkanes of at least 4 members (excludes halogenated alkanes) is 22. The number of aliphatic hydroxyl groups is 1. The lowest BCUT2D eigenvalue weighted by atomic mass is 10.1. The van der Waals surface area contributed by atoms with Gasteiger partial charge >= 0.3 is 0 Å². The molecule has 0 aromatic carbocycles. The molecule has 41 heavy (non-hydrogen) atoms. The summed E-state index contributed by atoms with van der Waals surface area (Å²) in [6, 6.07) is 0. The van der Waals surface area contributed by atoms with Crippen molar-refractivity contribution in [2.75, 3.05) is 53.6 Å². The van der Waals surface area contributed by atoms with E-state index in [1.165, 1.54) is 141 Å². The Labute approximate surface area is 256 Å². The third kappa shape index (κ3) is 32.5. The summed E-state index contributed by atoms with van der Waals surface area (Å²) in [5.74, 6) is 0. The Morgan fingerprint density at radius 2 is 0.854 bits per heavy atom. The molecule has 6 heteroatoms. The molecular weight excluding hydrogens is 514 g/mol. The average Bonchev–Trinajstić information content (AvgIpc) is 2.94. The highest BCUT2D eigenvalue weighted by Gasteiger charge is 2.24. The molecule has 0 aliphatic carbocycles. The molecule has 0 saturated heterocycles. The first-order chi connectivity index (χ1) is 20.1. The van der Waals surface area contributed by atoms with E-state index in [4.69, 9.17) is 19.6 Å². The van der Waals surface area contributed by atoms with Gasteiger partial charge in [-0.1, -0.05) is 155 Å². The van der Waals surface area contributed by atoms with Gasteiger partial charge in [0.15, 0.2) is 6.10 Å². The smallest absolute Gasteiger partial charge is 0.168 e. The van der Waals surface area contributed by atoms with Crippen molar-refractivity contribution >= 4 is 0 Å². The number of rotatable bonds is 35. The number of quaternary nitrogens is 1. The quantitative estimate of drug-likeness (QED) is 0.0346. The van der Waals surface area contributed by atoms with Gasteiger partial charge in [0.25, 0.3) is 0 Å². The van der Waals surface area contributed by atoms with E-state index >= 15 is 0 Å². The van der Waals surface area contributed by atoms with E-state index in [-0.39, 0.29) is 12.7 Å². The van der Waals surface area contributed by atoms with Gasteiger partial charge in [0.05, 0.1) is 33.9 Å². The van der Waals surface area contributed by atoms with E-state index in [0.29, 0.717) is 37.4 Å². The van der Waals surface area contributed by atoms with Crippen LogP contribution in [0, 0.1) is 0 Å². The standard InChI is InChI=1S/C35H74NO5/c1-5-7-9-11-13-15-17-19-21-23-25-27-31-38-40-34-35(33-36(3,4)29-30-37)41-39-32-28-26-24-22-20-18-16-14-12-10-8-6-2/h35,37H,5-34H2,1-4H3/q+1. The van der Waals surface area contributed by atoms with Crippen molar-refractivity contribution in [1.29, 1.82) is 0 Å². The Morgan fingerprint density at radius 1 is 0.488 bits per heavy atom. The molecule has 0 aromatic heterocycles. The van der Waals surface area contributed by atoms with E-state index in [1.54, 1.807) is 0 Å². The maximum Gasteiger partial charge on any atom is 0.168 e. The van der Waals surface area contributed by atoms with E-state index in [9.17, 15) is 5.11 Å². The maximum absolute atomic E-state index is 9.40. The van der Waals surface area contributed by atoms with E-state index in [2.05, 4.69) is 27.9 Å². The van der Waals surface area contributed by atoms with Gasteiger partial charge in [-0.2, -0.15) is 0 Å². The van der Waals surface area contributed by atoms with Crippen molar-refractivity contribution < 1.29 is 29.1 Å². The lowest BCUT2D eigenvalue weighted by Crippen LogP contribution is -2.49. The fourth-order valence-corrected chi connectivity index (χ4v) is 5.36. The molecule has 1 N–H and O–H groups in total. The minimum absolute atomic E-state index is 0.149. The normalized spacial score (nSPS) is 12.8. The van der Waals surface area contributed by atoms with Crippen molar-refractivity contribution in [2.24, 2.45) is 0 Å². The Balaban J connectivity index is 3.79. The Kier molecular flexibility index (Phi) is 32.5. The molecular formula is C35H74NO5+. The van der Waals surface area contributed by atoms with Crippen LogP contribution in [0.2, 0.25) is 0 Å². The number of hydrogen-bond acceptors (Lipinski definition) is 5. The molecule has 248 valence electrons. The van der Waals surface area contributed by atoms with E-state index in [1.807, 2.05) is 0 Å². The molecule has 6 nitrogen and oxygen atoms in total. The lowest BCUT2D eigenvalue weighted by Gasteiger charge is -2.32. The monoisotopic (exact) mass is 589 g/mol. The van der Waals surface area contributed by atoms with E-state index < -0.39 is 0 Å². The third-order valence-electron chi connectivity index (χ3n) is 8.11. The largest absolute Gasteiger partial charge is 0.391 e. The SMILES string of the molecule is CCCCCCCCCCCCCCOOCC(C[N+](C)(C)CCO)OOCCCCCCCCCCCCCC. The highest BCUT2D eigenvalue weighted by Crippen LogP contribution is 2.14. The van der Waals surface area contributed by atoms with Crippen LogP contribution in [-0.4, -0.2) is 69.3 Å². The van der Waals surface area contributed by atoms with Crippen LogP contribution in [0.4, 0.5) is 0 Å². The number of nitrogens with zero attached hydrogens (tertiary/aromatic N) is 1. The molecule has 0 aromatic rings. The van der Waals surface area contributed by atoms with Gasteiger partial charge in [-0.25, -0.2) is 19.6 Å². The topological polar surface area (TPSA) is 57.2 Å². The van der Waals surface area contributed by atoms with Crippen LogP contribution < -0.4 is 0 Å². The molecule has 0 spiro atoms. The molecule has 1 unspecified atom stereocenters. The fraction of sp³-hybridized carbons (Fsp3) is 1.00. The van der Waals surface area contributed by atoms with Crippen LogP contribution in [0.25, 0.3) is 0 Å². The highest BCUT2D eigenvalue weighted by atomic mass is 17.2. The minimum Gasteiger partial charge on any atom is -0.391 e. The predicted octanol–water partition coefficient (Wildman–Crippen LogP) is 9.72. The molecule has 0 radical (unpaired) electrons. The summed E-state index contributed by atoms with van der Waals surface area (Å²) in [4.78, 5) is 22.3. The zero-order chi connectivity index (χ0) is 30.1. The zero-order valence-electron chi connectivity index (χ0n) is 28.3. The van der Waals surface area contributed by atoms with Crippen molar-refractivity contribution in [3.8, 4) is 0 Å². The molecule has 0 fully saturated rings. The van der Waals surface area contributed by atoms with Crippen LogP contribution >= 0.6 is 0 Å². The van der Waals surface area contributed by atoms with Gasteiger partial charge in [0.2, 0.25) is 0 Å². The molecule has 0 rings (SSSR count). The van der Waals surface area contributed by atoms with Gasteiger partial charge in [0.1, 0.15) is 19.7 Å². The van der Waals surface area contributed by atoms with Crippen LogP contribution in [0.1, 0.15) is 168 Å². The Hall–Kier alpha value is -0.240. The highest BCUT2D eigenvalue weighted by molar-refractivity contribution is 4.54. The van der Waals surface area contributed by atoms with Crippen LogP contribution in [0.3, 0.4) is 0 Å². The van der Waals surface area contributed by atoms with Crippen LogP contribution in [0.5, 0.6) is 0 Å². The summed E-state index contributed by atoms with van der Waals surface area (Å²) < 4.78 is 0.644. The summed E-state index contributed by atoms with van der Waals surface area (Å²) in [5.41, 5.74) is 0. The summed E-state index contributed by atoms with van der Waals surface area (Å²) in [7, 11) is 4.18. The lowest BCUT2D eigenvalue weighted by molar-refractivity contribution is -0.895. The first-order valence-electron chi connectivity index (χ1n) is 18.0. The second-order valence-corrected chi connectivity index (χ2v) is 13.0. The molecule has 0 amide bonds.